The number of hydrogen-bond acceptors (Lipinski definition) is 12. The Labute approximate surface area is 412 Å². The van der Waals surface area contributed by atoms with Gasteiger partial charge in [-0.2, -0.15) is 12.8 Å². The first kappa shape index (κ1) is 46.6. The number of hydrogen-bond donors (Lipinski definition) is 1. The Morgan fingerprint density at radius 2 is 1.60 bits per heavy atom. The summed E-state index contributed by atoms with van der Waals surface area (Å²) in [6.07, 6.45) is 5.02. The van der Waals surface area contributed by atoms with E-state index in [9.17, 15) is 44.2 Å². The molecule has 1 saturated heterocycles. The summed E-state index contributed by atoms with van der Waals surface area (Å²) in [4.78, 5) is 0.0680. The topological polar surface area (TPSA) is 210 Å². The van der Waals surface area contributed by atoms with Crippen molar-refractivity contribution in [3.63, 3.8) is 0 Å². The number of rotatable bonds is 10. The second-order valence-corrected chi connectivity index (χ2v) is 17.4. The van der Waals surface area contributed by atoms with Crippen LogP contribution < -0.4 is 164 Å². The minimum absolute atomic E-state index is 0. The fourth-order valence-electron chi connectivity index (χ4n) is 6.77. The molecule has 0 amide bonds. The maximum Gasteiger partial charge on any atom is 1.00 e. The van der Waals surface area contributed by atoms with Gasteiger partial charge in [-0.15, -0.1) is 0 Å². The van der Waals surface area contributed by atoms with Crippen LogP contribution in [-0.4, -0.2) is 56.6 Å². The molecule has 48 heavy (non-hydrogen) atoms. The standard InChI is InChI=1S/C28H31NO12S4.3K/c1-27(2)21(20(12-13-43(31,32)33)19-10-8-17(14-22(19)27)42-41-40-30)6-5-7-25-28(3,4)23-15-18(44(34,35)36)9-11-24(23)29(25)16-26(29)45(37,38)39;;;/h5-11,14-15,26H,12-13,16H2,1-4H3,(H3-,30,31,32,33,34,35,36,37,38,39);;;/q;3*+1/p-2/b6-5?,25-7+;;;. The molecular weight excluding hydrogens is 788 g/mol. The summed E-state index contributed by atoms with van der Waals surface area (Å²) in [6, 6.07) is 8.87. The van der Waals surface area contributed by atoms with Crippen molar-refractivity contribution in [3.05, 3.63) is 82.6 Å². The zero-order valence-corrected chi connectivity index (χ0v) is 40.0. The third-order valence-electron chi connectivity index (χ3n) is 8.84. The van der Waals surface area contributed by atoms with E-state index in [0.29, 0.717) is 45.0 Å². The van der Waals surface area contributed by atoms with E-state index in [4.69, 9.17) is 0 Å². The van der Waals surface area contributed by atoms with Crippen molar-refractivity contribution in [2.24, 2.45) is 0 Å². The van der Waals surface area contributed by atoms with Gasteiger partial charge in [-0.1, -0.05) is 32.1 Å². The molecule has 2 aromatic carbocycles. The Balaban J connectivity index is 0.00000267. The van der Waals surface area contributed by atoms with Gasteiger partial charge in [0.15, 0.2) is 16.7 Å². The van der Waals surface area contributed by atoms with E-state index in [1.807, 2.05) is 13.8 Å². The Morgan fingerprint density at radius 3 is 2.15 bits per heavy atom. The molecule has 1 spiro atoms. The van der Waals surface area contributed by atoms with Crippen LogP contribution in [0.4, 0.5) is 5.69 Å². The monoisotopic (exact) mass is 816 g/mol. The minimum Gasteiger partial charge on any atom is -0.744 e. The number of nitrogens with zero attached hydrogens (tertiary/aromatic N) is 1. The van der Waals surface area contributed by atoms with Crippen LogP contribution in [0.15, 0.2) is 75.7 Å². The molecule has 1 fully saturated rings. The number of quaternary nitrogens is 1. The molecule has 20 heteroatoms. The normalized spacial score (nSPS) is 23.0. The van der Waals surface area contributed by atoms with Gasteiger partial charge < -0.3 is 14.4 Å². The van der Waals surface area contributed by atoms with Crippen molar-refractivity contribution in [1.82, 2.24) is 4.48 Å². The summed E-state index contributed by atoms with van der Waals surface area (Å²) in [5.74, 6) is -0.545. The van der Waals surface area contributed by atoms with Crippen molar-refractivity contribution in [2.45, 2.75) is 60.1 Å². The summed E-state index contributed by atoms with van der Waals surface area (Å²) in [6.45, 7) is 7.21. The van der Waals surface area contributed by atoms with E-state index < -0.39 is 57.2 Å². The molecule has 2 unspecified atom stereocenters. The molecule has 2 atom stereocenters. The van der Waals surface area contributed by atoms with Crippen LogP contribution in [0, 0.1) is 0 Å². The Morgan fingerprint density at radius 1 is 0.958 bits per heavy atom. The minimum atomic E-state index is -4.82. The molecule has 13 nitrogen and oxygen atoms in total. The molecule has 5 rings (SSSR count). The second-order valence-electron chi connectivity index (χ2n) is 12.1. The van der Waals surface area contributed by atoms with Crippen LogP contribution in [0.1, 0.15) is 50.8 Å². The Hall–Kier alpha value is 2.49. The summed E-state index contributed by atoms with van der Waals surface area (Å²) in [5.41, 5.74) is 2.42. The molecule has 0 saturated carbocycles. The summed E-state index contributed by atoms with van der Waals surface area (Å²) in [7, 11) is -13.9. The Bertz CT molecular complexity index is 2030. The molecule has 2 aliphatic heterocycles. The molecule has 1 N–H and O–H groups in total. The molecule has 2 heterocycles. The first-order valence-corrected chi connectivity index (χ1v) is 18.7. The van der Waals surface area contributed by atoms with Crippen LogP contribution in [0.5, 0.6) is 0 Å². The molecule has 1 aliphatic carbocycles. The number of allylic oxidation sites excluding steroid dienone is 6. The van der Waals surface area contributed by atoms with Gasteiger partial charge in [0.05, 0.1) is 28.1 Å². The SMILES string of the molecule is CC1(C)C(C=C/C=C2\C(C)(C)c3cc(S(=O)(=O)[O-])ccc3[N+]23CC3S(=O)(=O)[O-])=C(CCS(=O)(=O)O)c2ccc(SOO[O-])cc21.[K+].[K+].[K+]. The van der Waals surface area contributed by atoms with E-state index in [1.165, 1.54) is 12.1 Å². The summed E-state index contributed by atoms with van der Waals surface area (Å²) in [5, 5.41) is 12.4. The van der Waals surface area contributed by atoms with E-state index in [0.717, 1.165) is 17.2 Å². The average molecular weight is 817 g/mol. The molecular formula is C28H29K3NO12S4+. The van der Waals surface area contributed by atoms with Gasteiger partial charge in [0.2, 0.25) is 5.37 Å². The van der Waals surface area contributed by atoms with Crippen LogP contribution >= 0.6 is 12.0 Å². The summed E-state index contributed by atoms with van der Waals surface area (Å²) >= 11 is 0.696. The molecule has 0 bridgehead atoms. The van der Waals surface area contributed by atoms with Crippen molar-refractivity contribution >= 4 is 53.7 Å². The smallest absolute Gasteiger partial charge is 0.744 e. The van der Waals surface area contributed by atoms with Crippen molar-refractivity contribution < 1.29 is 208 Å². The third-order valence-corrected chi connectivity index (χ3v) is 12.1. The summed E-state index contributed by atoms with van der Waals surface area (Å²) < 4.78 is 109. The van der Waals surface area contributed by atoms with Crippen LogP contribution in [0.25, 0.3) is 5.57 Å². The predicted molar refractivity (Wildman–Crippen MR) is 160 cm³/mol. The second kappa shape index (κ2) is 16.7. The van der Waals surface area contributed by atoms with Gasteiger partial charge in [-0.05, 0) is 72.9 Å². The van der Waals surface area contributed by atoms with Gasteiger partial charge in [0, 0.05) is 21.9 Å². The van der Waals surface area contributed by atoms with Gasteiger partial charge in [-0.25, -0.2) is 21.3 Å². The first-order chi connectivity index (χ1) is 20.7. The van der Waals surface area contributed by atoms with Gasteiger partial charge in [0.1, 0.15) is 21.5 Å². The van der Waals surface area contributed by atoms with E-state index in [1.54, 1.807) is 50.3 Å². The Kier molecular flexibility index (Phi) is 16.2. The van der Waals surface area contributed by atoms with Crippen molar-refractivity contribution in [3.8, 4) is 0 Å². The van der Waals surface area contributed by atoms with Gasteiger partial charge in [-0.3, -0.25) is 9.59 Å². The first-order valence-electron chi connectivity index (χ1n) is 13.5. The predicted octanol–water partition coefficient (Wildman–Crippen LogP) is -6.22. The van der Waals surface area contributed by atoms with Crippen LogP contribution in [0.3, 0.4) is 0 Å². The van der Waals surface area contributed by atoms with Crippen LogP contribution in [-0.2, 0) is 50.6 Å². The third kappa shape index (κ3) is 9.12. The molecule has 3 aliphatic rings. The van der Waals surface area contributed by atoms with E-state index >= 15 is 0 Å². The largest absolute Gasteiger partial charge is 1.00 e. The van der Waals surface area contributed by atoms with Crippen molar-refractivity contribution in [1.29, 1.82) is 0 Å². The van der Waals surface area contributed by atoms with Gasteiger partial charge in [0.25, 0.3) is 10.1 Å². The molecule has 2 aromatic rings. The quantitative estimate of drug-likeness (QED) is 0.0451. The molecule has 0 radical (unpaired) electrons. The zero-order valence-electron chi connectivity index (χ0n) is 27.4. The number of fused-ring (bicyclic) bond motifs is 3. The van der Waals surface area contributed by atoms with E-state index in [2.05, 4.69) is 9.37 Å². The van der Waals surface area contributed by atoms with Crippen molar-refractivity contribution in [2.75, 3.05) is 12.3 Å². The maximum atomic E-state index is 12.3. The fraction of sp³-hybridized carbons (Fsp3) is 0.357. The van der Waals surface area contributed by atoms with E-state index in [-0.39, 0.29) is 172 Å². The fourth-order valence-corrected chi connectivity index (χ4v) is 9.21. The molecule has 244 valence electrons. The number of benzene rings is 2. The zero-order chi connectivity index (χ0) is 33.4. The van der Waals surface area contributed by atoms with Crippen LogP contribution in [0.2, 0.25) is 0 Å². The maximum absolute atomic E-state index is 12.3. The molecule has 0 aromatic heterocycles. The average Bonchev–Trinajstić information content (AvgIpc) is 3.60. The van der Waals surface area contributed by atoms with Gasteiger partial charge >= 0.3 is 154 Å².